The van der Waals surface area contributed by atoms with E-state index in [0.717, 1.165) is 31.1 Å². The second-order valence-electron chi connectivity index (χ2n) is 7.37. The van der Waals surface area contributed by atoms with Crippen molar-refractivity contribution in [2.45, 2.75) is 6.61 Å². The molecule has 1 aliphatic rings. The fraction of sp³-hybridized carbons (Fsp3) is 0.227. The molecular formula is C22H19F2N7O4S. The number of carbonyl (C=O) groups excluding carboxylic acids is 1. The topological polar surface area (TPSA) is 129 Å². The minimum absolute atomic E-state index is 0.0601. The monoisotopic (exact) mass is 515 g/mol. The van der Waals surface area contributed by atoms with Gasteiger partial charge in [-0.25, -0.2) is 9.50 Å². The summed E-state index contributed by atoms with van der Waals surface area (Å²) < 4.78 is 46.8. The van der Waals surface area contributed by atoms with Gasteiger partial charge >= 0.3 is 6.61 Å². The lowest BCUT2D eigenvalue weighted by Crippen LogP contribution is -2.16. The lowest BCUT2D eigenvalue weighted by atomic mass is 10.1. The molecule has 36 heavy (non-hydrogen) atoms. The molecule has 1 fully saturated rings. The fourth-order valence-corrected chi connectivity index (χ4v) is 4.15. The number of hydrogen-bond acceptors (Lipinski definition) is 9. The number of nitrogens with one attached hydrogen (secondary N) is 2. The highest BCUT2D eigenvalue weighted by atomic mass is 32.1. The number of H-pyrrole nitrogens is 1. The van der Waals surface area contributed by atoms with Crippen molar-refractivity contribution in [2.75, 3.05) is 31.7 Å². The van der Waals surface area contributed by atoms with Crippen LogP contribution >= 0.6 is 11.5 Å². The van der Waals surface area contributed by atoms with Crippen LogP contribution in [0, 0.1) is 0 Å². The van der Waals surface area contributed by atoms with E-state index in [1.807, 2.05) is 0 Å². The smallest absolute Gasteiger partial charge is 0.387 e. The maximum absolute atomic E-state index is 13.0. The number of halogens is 2. The number of fused-ring (bicyclic) bond motifs is 2. The standard InChI is InChI=1S/C18H11F2N7O2S.C4H8O2/c19-18(20)29-13-4-9-6-24-30-14(9)5-10(13)15-12(8-22-26-15)25-17(28)11-7-23-27-3-1-2-21-16(11)27;1-2-6-4-3-5-1/h1-8,18H,(H,22,26)(H,25,28);1-4H2. The highest BCUT2D eigenvalue weighted by Gasteiger charge is 2.21. The third-order valence-corrected chi connectivity index (χ3v) is 5.86. The molecular weight excluding hydrogens is 496 g/mol. The van der Waals surface area contributed by atoms with Gasteiger partial charge in [0.15, 0.2) is 5.65 Å². The van der Waals surface area contributed by atoms with Gasteiger partial charge in [0.1, 0.15) is 11.3 Å². The predicted molar refractivity (Wildman–Crippen MR) is 126 cm³/mol. The van der Waals surface area contributed by atoms with Crippen LogP contribution in [0.4, 0.5) is 14.5 Å². The molecule has 2 N–H and O–H groups in total. The molecule has 1 aromatic carbocycles. The summed E-state index contributed by atoms with van der Waals surface area (Å²) in [5.41, 5.74) is 1.56. The van der Waals surface area contributed by atoms with Gasteiger partial charge in [0.05, 0.1) is 54.9 Å². The molecule has 6 rings (SSSR count). The van der Waals surface area contributed by atoms with Gasteiger partial charge < -0.3 is 19.5 Å². The number of aromatic nitrogens is 6. The predicted octanol–water partition coefficient (Wildman–Crippen LogP) is 3.62. The SMILES string of the molecule is C1COCCO1.O=C(Nc1cn[nH]c1-c1cc2sncc2cc1OC(F)F)c1cnn2cccnc12. The Hall–Kier alpha value is -4.01. The van der Waals surface area contributed by atoms with Crippen LogP contribution in [0.2, 0.25) is 0 Å². The Morgan fingerprint density at radius 1 is 1.17 bits per heavy atom. The number of nitrogens with zero attached hydrogens (tertiary/aromatic N) is 5. The van der Waals surface area contributed by atoms with Gasteiger partial charge in [0.25, 0.3) is 5.91 Å². The van der Waals surface area contributed by atoms with Gasteiger partial charge in [0, 0.05) is 29.5 Å². The van der Waals surface area contributed by atoms with Crippen LogP contribution in [-0.2, 0) is 9.47 Å². The van der Waals surface area contributed by atoms with Gasteiger partial charge in [-0.15, -0.1) is 0 Å². The minimum Gasteiger partial charge on any atom is -0.434 e. The van der Waals surface area contributed by atoms with Crippen molar-refractivity contribution in [3.05, 3.63) is 54.7 Å². The molecule has 0 bridgehead atoms. The zero-order valence-electron chi connectivity index (χ0n) is 18.6. The summed E-state index contributed by atoms with van der Waals surface area (Å²) in [6.45, 7) is 0.0959. The van der Waals surface area contributed by atoms with E-state index in [1.165, 1.54) is 34.5 Å². The summed E-state index contributed by atoms with van der Waals surface area (Å²) in [4.78, 5) is 17.0. The van der Waals surface area contributed by atoms with Crippen LogP contribution in [0.3, 0.4) is 0 Å². The van der Waals surface area contributed by atoms with Crippen LogP contribution in [0.25, 0.3) is 27.0 Å². The lowest BCUT2D eigenvalue weighted by Gasteiger charge is -2.12. The summed E-state index contributed by atoms with van der Waals surface area (Å²) in [6, 6.07) is 4.82. The Kier molecular flexibility index (Phi) is 7.06. The molecule has 1 saturated heterocycles. The molecule has 0 radical (unpaired) electrons. The van der Waals surface area contributed by atoms with Crippen LogP contribution in [0.1, 0.15) is 10.4 Å². The Balaban J connectivity index is 0.000000391. The number of amides is 1. The first-order chi connectivity index (χ1) is 17.6. The zero-order valence-corrected chi connectivity index (χ0v) is 19.4. The molecule has 0 atom stereocenters. The molecule has 0 spiro atoms. The highest BCUT2D eigenvalue weighted by molar-refractivity contribution is 7.13. The second-order valence-corrected chi connectivity index (χ2v) is 8.21. The Labute approximate surface area is 206 Å². The Morgan fingerprint density at radius 2 is 1.97 bits per heavy atom. The van der Waals surface area contributed by atoms with E-state index < -0.39 is 12.5 Å². The van der Waals surface area contributed by atoms with Gasteiger partial charge in [-0.3, -0.25) is 9.89 Å². The normalized spacial score (nSPS) is 13.5. The molecule has 11 nitrogen and oxygen atoms in total. The van der Waals surface area contributed by atoms with E-state index in [4.69, 9.17) is 14.2 Å². The summed E-state index contributed by atoms with van der Waals surface area (Å²) in [5.74, 6) is -0.531. The summed E-state index contributed by atoms with van der Waals surface area (Å²) in [6.07, 6.45) is 7.56. The number of alkyl halides is 2. The number of hydrogen-bond donors (Lipinski definition) is 2. The molecule has 0 unspecified atom stereocenters. The van der Waals surface area contributed by atoms with Crippen LogP contribution in [-0.4, -0.2) is 68.1 Å². The van der Waals surface area contributed by atoms with Crippen molar-refractivity contribution in [1.82, 2.24) is 29.2 Å². The number of aromatic amines is 1. The van der Waals surface area contributed by atoms with Crippen LogP contribution < -0.4 is 10.1 Å². The molecule has 5 aromatic rings. The van der Waals surface area contributed by atoms with Gasteiger partial charge in [-0.2, -0.15) is 23.4 Å². The largest absolute Gasteiger partial charge is 0.434 e. The molecule has 1 amide bonds. The zero-order chi connectivity index (χ0) is 24.9. The van der Waals surface area contributed by atoms with Crippen molar-refractivity contribution in [1.29, 1.82) is 0 Å². The number of ether oxygens (including phenoxy) is 3. The molecule has 1 aliphatic heterocycles. The van der Waals surface area contributed by atoms with E-state index in [0.29, 0.717) is 28.0 Å². The van der Waals surface area contributed by atoms with Gasteiger partial charge in [-0.05, 0) is 29.7 Å². The maximum Gasteiger partial charge on any atom is 0.387 e. The first-order valence-corrected chi connectivity index (χ1v) is 11.5. The first kappa shape index (κ1) is 23.7. The minimum atomic E-state index is -3.02. The average Bonchev–Trinajstić information content (AvgIpc) is 3.64. The summed E-state index contributed by atoms with van der Waals surface area (Å²) in [7, 11) is 0. The number of anilines is 1. The Bertz CT molecular complexity index is 1470. The molecule has 0 saturated carbocycles. The third kappa shape index (κ3) is 5.15. The fourth-order valence-electron chi connectivity index (χ4n) is 3.49. The molecule has 186 valence electrons. The second kappa shape index (κ2) is 10.7. The van der Waals surface area contributed by atoms with Crippen molar-refractivity contribution >= 4 is 38.9 Å². The quantitative estimate of drug-likeness (QED) is 0.363. The number of benzene rings is 1. The molecule has 5 heterocycles. The van der Waals surface area contributed by atoms with Crippen molar-refractivity contribution in [3.63, 3.8) is 0 Å². The number of rotatable bonds is 5. The van der Waals surface area contributed by atoms with E-state index in [1.54, 1.807) is 30.7 Å². The van der Waals surface area contributed by atoms with Gasteiger partial charge in [-0.1, -0.05) is 0 Å². The highest BCUT2D eigenvalue weighted by Crippen LogP contribution is 2.38. The lowest BCUT2D eigenvalue weighted by molar-refractivity contribution is -0.0493. The molecule has 4 aromatic heterocycles. The van der Waals surface area contributed by atoms with E-state index in [2.05, 4.69) is 30.0 Å². The van der Waals surface area contributed by atoms with Crippen molar-refractivity contribution in [2.24, 2.45) is 0 Å². The van der Waals surface area contributed by atoms with Crippen molar-refractivity contribution in [3.8, 4) is 17.0 Å². The van der Waals surface area contributed by atoms with Crippen LogP contribution in [0.15, 0.2) is 49.2 Å². The molecule has 0 aliphatic carbocycles. The van der Waals surface area contributed by atoms with Crippen LogP contribution in [0.5, 0.6) is 5.75 Å². The van der Waals surface area contributed by atoms with Crippen molar-refractivity contribution < 1.29 is 27.8 Å². The maximum atomic E-state index is 13.0. The number of carbonyl (C=O) groups is 1. The third-order valence-electron chi connectivity index (χ3n) is 5.10. The van der Waals surface area contributed by atoms with E-state index in [9.17, 15) is 13.6 Å². The summed E-state index contributed by atoms with van der Waals surface area (Å²) >= 11 is 1.21. The van der Waals surface area contributed by atoms with E-state index in [-0.39, 0.29) is 11.3 Å². The first-order valence-electron chi connectivity index (χ1n) is 10.7. The average molecular weight is 516 g/mol. The van der Waals surface area contributed by atoms with Gasteiger partial charge in [0.2, 0.25) is 0 Å². The summed E-state index contributed by atoms with van der Waals surface area (Å²) in [5, 5.41) is 14.2. The Morgan fingerprint density at radius 3 is 2.72 bits per heavy atom. The molecule has 14 heteroatoms. The van der Waals surface area contributed by atoms with E-state index >= 15 is 0 Å².